The van der Waals surface area contributed by atoms with Crippen molar-refractivity contribution in [3.63, 3.8) is 0 Å². The largest absolute Gasteiger partial charge is 0.334 e. The summed E-state index contributed by atoms with van der Waals surface area (Å²) in [6, 6.07) is 10.9. The van der Waals surface area contributed by atoms with Gasteiger partial charge in [-0.3, -0.25) is 9.19 Å². The van der Waals surface area contributed by atoms with E-state index < -0.39 is 10.8 Å². The van der Waals surface area contributed by atoms with Crippen LogP contribution in [0.4, 0.5) is 10.5 Å². The van der Waals surface area contributed by atoms with E-state index in [4.69, 9.17) is 0 Å². The van der Waals surface area contributed by atoms with Gasteiger partial charge in [-0.15, -0.1) is 0 Å². The number of anilines is 1. The maximum Gasteiger partial charge on any atom is 0.319 e. The number of hydrogen-bond donors (Lipinski definition) is 2. The number of benzene rings is 1. The summed E-state index contributed by atoms with van der Waals surface area (Å²) in [4.78, 5) is 16.0. The van der Waals surface area contributed by atoms with Gasteiger partial charge >= 0.3 is 6.03 Å². The van der Waals surface area contributed by atoms with Crippen molar-refractivity contribution in [2.24, 2.45) is 0 Å². The molecule has 0 saturated carbocycles. The van der Waals surface area contributed by atoms with Gasteiger partial charge in [0, 0.05) is 45.9 Å². The van der Waals surface area contributed by atoms with Crippen LogP contribution in [-0.2, 0) is 23.1 Å². The molecule has 0 aliphatic rings. The number of carbonyl (C=O) groups is 1. The predicted molar refractivity (Wildman–Crippen MR) is 98.1 cm³/mol. The first-order chi connectivity index (χ1) is 11.3. The van der Waals surface area contributed by atoms with Crippen LogP contribution in [0, 0.1) is 0 Å². The van der Waals surface area contributed by atoms with Crippen molar-refractivity contribution in [1.29, 1.82) is 0 Å². The molecule has 6 heteroatoms. The summed E-state index contributed by atoms with van der Waals surface area (Å²) in [6.45, 7) is 6.28. The first-order valence-corrected chi connectivity index (χ1v) is 9.07. The number of pyridine rings is 1. The Balaban J connectivity index is 1.91. The normalized spacial score (nSPS) is 12.5. The molecule has 0 aliphatic carbocycles. The smallest absolute Gasteiger partial charge is 0.319 e. The quantitative estimate of drug-likeness (QED) is 0.872. The lowest BCUT2D eigenvalue weighted by molar-refractivity contribution is 0.251. The van der Waals surface area contributed by atoms with Crippen molar-refractivity contribution < 1.29 is 9.00 Å². The molecule has 1 aromatic heterocycles. The highest BCUT2D eigenvalue weighted by atomic mass is 32.2. The molecule has 2 aromatic rings. The van der Waals surface area contributed by atoms with Crippen molar-refractivity contribution in [2.75, 3.05) is 5.32 Å². The summed E-state index contributed by atoms with van der Waals surface area (Å²) in [5, 5.41) is 5.58. The predicted octanol–water partition coefficient (Wildman–Crippen LogP) is 3.45. The zero-order valence-electron chi connectivity index (χ0n) is 14.2. The second kappa shape index (κ2) is 8.06. The SMILES string of the molecule is CC(C)(C)S(=O)Cc1cccc(NC(=O)NCc2cccnc2)c1. The van der Waals surface area contributed by atoms with Gasteiger partial charge < -0.3 is 10.6 Å². The van der Waals surface area contributed by atoms with Gasteiger partial charge in [-0.2, -0.15) is 0 Å². The molecule has 1 unspecified atom stereocenters. The highest BCUT2D eigenvalue weighted by Crippen LogP contribution is 2.18. The van der Waals surface area contributed by atoms with Crippen molar-refractivity contribution >= 4 is 22.5 Å². The second-order valence-electron chi connectivity index (χ2n) is 6.47. The molecule has 2 amide bonds. The molecule has 2 rings (SSSR count). The average molecular weight is 345 g/mol. The number of nitrogens with zero attached hydrogens (tertiary/aromatic N) is 1. The number of carbonyl (C=O) groups excluding carboxylic acids is 1. The van der Waals surface area contributed by atoms with Crippen LogP contribution in [0.2, 0.25) is 0 Å². The lowest BCUT2D eigenvalue weighted by Gasteiger charge is -2.18. The molecule has 1 atom stereocenters. The molecule has 0 saturated heterocycles. The van der Waals surface area contributed by atoms with Gasteiger partial charge in [0.25, 0.3) is 0 Å². The summed E-state index contributed by atoms with van der Waals surface area (Å²) < 4.78 is 12.0. The third-order valence-corrected chi connectivity index (χ3v) is 5.30. The van der Waals surface area contributed by atoms with Gasteiger partial charge in [-0.05, 0) is 50.1 Å². The van der Waals surface area contributed by atoms with Crippen LogP contribution in [0.15, 0.2) is 48.8 Å². The van der Waals surface area contributed by atoms with E-state index in [0.29, 0.717) is 18.0 Å². The van der Waals surface area contributed by atoms with Gasteiger partial charge in [0.1, 0.15) is 0 Å². The number of hydrogen-bond acceptors (Lipinski definition) is 3. The second-order valence-corrected chi connectivity index (χ2v) is 8.68. The topological polar surface area (TPSA) is 71.1 Å². The van der Waals surface area contributed by atoms with Gasteiger partial charge in [0.05, 0.1) is 0 Å². The van der Waals surface area contributed by atoms with Crippen LogP contribution in [0.5, 0.6) is 0 Å². The number of rotatable bonds is 5. The Morgan fingerprint density at radius 1 is 1.17 bits per heavy atom. The Bertz CT molecular complexity index is 712. The summed E-state index contributed by atoms with van der Waals surface area (Å²) in [5.41, 5.74) is 2.55. The third kappa shape index (κ3) is 5.77. The maximum atomic E-state index is 12.2. The summed E-state index contributed by atoms with van der Waals surface area (Å²) in [5.74, 6) is 0.469. The summed E-state index contributed by atoms with van der Waals surface area (Å²) >= 11 is 0. The van der Waals surface area contributed by atoms with Gasteiger partial charge in [-0.1, -0.05) is 18.2 Å². The van der Waals surface area contributed by atoms with E-state index in [0.717, 1.165) is 11.1 Å². The molecule has 2 N–H and O–H groups in total. The molecule has 128 valence electrons. The van der Waals surface area contributed by atoms with Gasteiger partial charge in [-0.25, -0.2) is 4.79 Å². The van der Waals surface area contributed by atoms with Gasteiger partial charge in [0.2, 0.25) is 0 Å². The highest BCUT2D eigenvalue weighted by Gasteiger charge is 2.19. The zero-order chi connectivity index (χ0) is 17.6. The maximum absolute atomic E-state index is 12.2. The zero-order valence-corrected chi connectivity index (χ0v) is 15.0. The van der Waals surface area contributed by atoms with E-state index >= 15 is 0 Å². The van der Waals surface area contributed by atoms with Crippen molar-refractivity contribution in [2.45, 2.75) is 37.8 Å². The minimum atomic E-state index is -0.973. The highest BCUT2D eigenvalue weighted by molar-refractivity contribution is 7.85. The van der Waals surface area contributed by atoms with Crippen molar-refractivity contribution in [3.05, 3.63) is 59.9 Å². The van der Waals surface area contributed by atoms with E-state index in [1.165, 1.54) is 0 Å². The lowest BCUT2D eigenvalue weighted by atomic mass is 10.2. The summed E-state index contributed by atoms with van der Waals surface area (Å²) in [6.07, 6.45) is 3.40. The minimum Gasteiger partial charge on any atom is -0.334 e. The van der Waals surface area contributed by atoms with Crippen molar-refractivity contribution in [1.82, 2.24) is 10.3 Å². The molecule has 0 fully saturated rings. The molecule has 5 nitrogen and oxygen atoms in total. The first-order valence-electron chi connectivity index (χ1n) is 7.76. The van der Waals surface area contributed by atoms with Crippen LogP contribution in [0.3, 0.4) is 0 Å². The Hall–Kier alpha value is -2.21. The van der Waals surface area contributed by atoms with Crippen LogP contribution in [0.1, 0.15) is 31.9 Å². The molecule has 0 bridgehead atoms. The molecular formula is C18H23N3O2S. The Labute approximate surface area is 145 Å². The lowest BCUT2D eigenvalue weighted by Crippen LogP contribution is -2.28. The number of amides is 2. The van der Waals surface area contributed by atoms with Crippen LogP contribution >= 0.6 is 0 Å². The monoisotopic (exact) mass is 345 g/mol. The fraction of sp³-hybridized carbons (Fsp3) is 0.333. The van der Waals surface area contributed by atoms with Crippen LogP contribution in [0.25, 0.3) is 0 Å². The van der Waals surface area contributed by atoms with Crippen LogP contribution in [-0.4, -0.2) is 20.0 Å². The number of nitrogens with one attached hydrogen (secondary N) is 2. The molecule has 0 aliphatic heterocycles. The Morgan fingerprint density at radius 2 is 1.92 bits per heavy atom. The van der Waals surface area contributed by atoms with Crippen molar-refractivity contribution in [3.8, 4) is 0 Å². The fourth-order valence-corrected chi connectivity index (χ4v) is 2.88. The van der Waals surface area contributed by atoms with E-state index in [-0.39, 0.29) is 10.8 Å². The van der Waals surface area contributed by atoms with E-state index in [1.807, 2.05) is 57.2 Å². The fourth-order valence-electron chi connectivity index (χ4n) is 1.97. The molecule has 1 aromatic carbocycles. The molecule has 0 radical (unpaired) electrons. The Morgan fingerprint density at radius 3 is 2.58 bits per heavy atom. The first kappa shape index (κ1) is 18.1. The minimum absolute atomic E-state index is 0.259. The van der Waals surface area contributed by atoms with Crippen LogP contribution < -0.4 is 10.6 Å². The Kier molecular flexibility index (Phi) is 6.09. The van der Waals surface area contributed by atoms with Gasteiger partial charge in [0.15, 0.2) is 0 Å². The standard InChI is InChI=1S/C18H23N3O2S/c1-18(2,3)24(23)13-14-6-4-8-16(10-14)21-17(22)20-12-15-7-5-9-19-11-15/h4-11H,12-13H2,1-3H3,(H2,20,21,22). The van der Waals surface area contributed by atoms with E-state index in [9.17, 15) is 9.00 Å². The van der Waals surface area contributed by atoms with E-state index in [1.54, 1.807) is 12.4 Å². The van der Waals surface area contributed by atoms with E-state index in [2.05, 4.69) is 15.6 Å². The third-order valence-electron chi connectivity index (χ3n) is 3.34. The average Bonchev–Trinajstić information content (AvgIpc) is 2.53. The number of urea groups is 1. The molecule has 1 heterocycles. The molecule has 0 spiro atoms. The number of aromatic nitrogens is 1. The molecule has 24 heavy (non-hydrogen) atoms. The summed E-state index contributed by atoms with van der Waals surface area (Å²) in [7, 11) is -0.973. The molecular weight excluding hydrogens is 322 g/mol.